The summed E-state index contributed by atoms with van der Waals surface area (Å²) in [6.45, 7) is -5.50. The van der Waals surface area contributed by atoms with Crippen molar-refractivity contribution in [2.24, 2.45) is 7.05 Å². The number of nitrogens with zero attached hydrogens (tertiary/aromatic N) is 7. The number of aromatic nitrogens is 7. The van der Waals surface area contributed by atoms with Gasteiger partial charge in [-0.05, 0) is 11.8 Å². The molecule has 47 heavy (non-hydrogen) atoms. The topological polar surface area (TPSA) is 211 Å². The van der Waals surface area contributed by atoms with Crippen LogP contribution in [0.15, 0.2) is 30.0 Å². The van der Waals surface area contributed by atoms with Crippen LogP contribution in [-0.2, 0) is 55.7 Å². The first-order valence-electron chi connectivity index (χ1n) is 13.8. The molecule has 0 saturated carbocycles. The Bertz CT molecular complexity index is 2020. The van der Waals surface area contributed by atoms with Gasteiger partial charge in [0.25, 0.3) is 13.0 Å². The highest BCUT2D eigenvalue weighted by molar-refractivity contribution is 8.07. The Kier molecular flexibility index (Phi) is 8.36. The van der Waals surface area contributed by atoms with Crippen molar-refractivity contribution in [3.8, 4) is 0 Å². The van der Waals surface area contributed by atoms with Crippen molar-refractivity contribution in [3.05, 3.63) is 41.3 Å². The molecular weight excluding hydrogens is 691 g/mol. The SMILES string of the molecule is [B]P1(=O)OC[C@H]2O[C@@H](n3cnc4c(N)ncnc43)C(F)C2OP(O)(=S)OC[C@H]2O[C@@H](n3cc(F)c4c(=O)n(C)cnc43)C(OC)C2O1. The second-order valence-corrected chi connectivity index (χ2v) is 15.2. The molecule has 250 valence electrons. The van der Waals surface area contributed by atoms with E-state index in [0.717, 1.165) is 17.1 Å². The summed E-state index contributed by atoms with van der Waals surface area (Å²) < 4.78 is 87.9. The molecule has 24 heteroatoms. The molecule has 7 rings (SSSR count). The van der Waals surface area contributed by atoms with Gasteiger partial charge in [-0.25, -0.2) is 28.7 Å². The molecule has 0 aromatic carbocycles. The molecule has 0 aliphatic carbocycles. The summed E-state index contributed by atoms with van der Waals surface area (Å²) in [4.78, 5) is 39.9. The smallest absolute Gasteiger partial charge is 0.325 e. The summed E-state index contributed by atoms with van der Waals surface area (Å²) in [6.07, 6.45) is -6.85. The molecule has 3 saturated heterocycles. The molecule has 4 aromatic heterocycles. The molecular formula is C23H25BF2N8O10P2S. The first-order valence-corrected chi connectivity index (χ1v) is 18.0. The van der Waals surface area contributed by atoms with Crippen molar-refractivity contribution in [2.75, 3.05) is 26.1 Å². The summed E-state index contributed by atoms with van der Waals surface area (Å²) in [5.74, 6) is -0.832. The molecule has 0 bridgehead atoms. The highest BCUT2D eigenvalue weighted by atomic mass is 32.5. The Labute approximate surface area is 269 Å². The third-order valence-electron chi connectivity index (χ3n) is 7.95. The Morgan fingerprint density at radius 1 is 1.06 bits per heavy atom. The van der Waals surface area contributed by atoms with Crippen molar-refractivity contribution in [1.82, 2.24) is 33.6 Å². The van der Waals surface area contributed by atoms with Crippen molar-refractivity contribution in [3.63, 3.8) is 0 Å². The highest BCUT2D eigenvalue weighted by Gasteiger charge is 2.53. The summed E-state index contributed by atoms with van der Waals surface area (Å²) in [6, 6.07) is 0. The average Bonchev–Trinajstić information content (AvgIpc) is 3.76. The first-order chi connectivity index (χ1) is 22.3. The average molecular weight is 716 g/mol. The van der Waals surface area contributed by atoms with Crippen LogP contribution >= 0.6 is 14.2 Å². The zero-order valence-corrected chi connectivity index (χ0v) is 26.9. The predicted octanol–water partition coefficient (Wildman–Crippen LogP) is 0.755. The maximum atomic E-state index is 16.1. The molecule has 3 aliphatic rings. The van der Waals surface area contributed by atoms with Gasteiger partial charge in [0, 0.05) is 20.4 Å². The van der Waals surface area contributed by atoms with E-state index in [1.54, 1.807) is 0 Å². The highest BCUT2D eigenvalue weighted by Crippen LogP contribution is 2.54. The fourth-order valence-electron chi connectivity index (χ4n) is 5.78. The minimum absolute atomic E-state index is 0.0497. The van der Waals surface area contributed by atoms with Crippen LogP contribution in [0.1, 0.15) is 12.5 Å². The van der Waals surface area contributed by atoms with E-state index < -0.39 is 87.9 Å². The van der Waals surface area contributed by atoms with E-state index in [2.05, 4.69) is 19.9 Å². The number of ether oxygens (including phenoxy) is 3. The predicted molar refractivity (Wildman–Crippen MR) is 160 cm³/mol. The molecule has 6 unspecified atom stereocenters. The Morgan fingerprint density at radius 3 is 2.55 bits per heavy atom. The number of alkyl halides is 1. The van der Waals surface area contributed by atoms with Crippen molar-refractivity contribution in [1.29, 1.82) is 0 Å². The van der Waals surface area contributed by atoms with Gasteiger partial charge in [0.1, 0.15) is 47.8 Å². The zero-order chi connectivity index (χ0) is 33.4. The molecule has 0 spiro atoms. The number of hydrogen-bond acceptors (Lipinski definition) is 15. The fraction of sp³-hybridized carbons (Fsp3) is 0.522. The lowest BCUT2D eigenvalue weighted by molar-refractivity contribution is -0.0601. The molecule has 2 radical (unpaired) electrons. The maximum Gasteiger partial charge on any atom is 0.325 e. The standard InChI is InChI=1S/C23H25BF2N8O10P2S/c1-32-7-31-19-12(21(32)35)9(25)3-33(19)23-17(38-2)16-11(42-23)5-40-46(37,47)44-15-10(4-39-45(24,36)43-16)41-22(13(15)26)34-8-30-14-18(27)28-6-29-20(14)34/h3,6-8,10-11,13,15-17,22-23H,4-5H2,1-2H3,(H,37,47)(H2,27,28,29)/t10-,11-,13?,15?,16?,17?,22-,23-,45?,46?/m1/s1. The fourth-order valence-corrected chi connectivity index (χ4v) is 8.23. The number of aryl methyl sites for hydroxylation is 1. The van der Waals surface area contributed by atoms with E-state index in [1.807, 2.05) is 0 Å². The second-order valence-electron chi connectivity index (χ2n) is 10.8. The number of halogens is 2. The first kappa shape index (κ1) is 32.8. The summed E-state index contributed by atoms with van der Waals surface area (Å²) in [5, 5.41) is -0.311. The number of rotatable bonds is 3. The monoisotopic (exact) mass is 716 g/mol. The van der Waals surface area contributed by atoms with Crippen LogP contribution in [0, 0.1) is 5.82 Å². The second kappa shape index (κ2) is 12.0. The number of imidazole rings is 1. The van der Waals surface area contributed by atoms with Gasteiger partial charge in [-0.2, -0.15) is 0 Å². The van der Waals surface area contributed by atoms with E-state index in [1.165, 1.54) is 35.9 Å². The normalized spacial score (nSPS) is 36.6. The van der Waals surface area contributed by atoms with Gasteiger partial charge in [-0.1, -0.05) is 0 Å². The van der Waals surface area contributed by atoms with Crippen LogP contribution in [0.5, 0.6) is 0 Å². The number of hydrogen-bond donors (Lipinski definition) is 2. The molecule has 4 aromatic rings. The lowest BCUT2D eigenvalue weighted by atomic mass is 10.1. The summed E-state index contributed by atoms with van der Waals surface area (Å²) in [5.41, 5.74) is 5.46. The van der Waals surface area contributed by atoms with Crippen LogP contribution in [0.2, 0.25) is 0 Å². The van der Waals surface area contributed by atoms with E-state index in [0.29, 0.717) is 0 Å². The van der Waals surface area contributed by atoms with Gasteiger partial charge < -0.3 is 47.5 Å². The number of anilines is 1. The molecule has 3 fully saturated rings. The molecule has 3 aliphatic heterocycles. The van der Waals surface area contributed by atoms with E-state index in [-0.39, 0.29) is 28.0 Å². The van der Waals surface area contributed by atoms with Crippen molar-refractivity contribution < 1.29 is 50.5 Å². The van der Waals surface area contributed by atoms with E-state index >= 15 is 4.39 Å². The zero-order valence-electron chi connectivity index (χ0n) is 24.3. The largest absolute Gasteiger partial charge is 0.382 e. The van der Waals surface area contributed by atoms with Crippen LogP contribution in [0.4, 0.5) is 14.6 Å². The number of nitrogens with two attached hydrogens (primary N) is 1. The summed E-state index contributed by atoms with van der Waals surface area (Å²) >= 11 is 5.21. The van der Waals surface area contributed by atoms with Crippen LogP contribution < -0.4 is 11.3 Å². The summed E-state index contributed by atoms with van der Waals surface area (Å²) in [7, 11) is 4.14. The lowest BCUT2D eigenvalue weighted by Crippen LogP contribution is -2.39. The number of fused-ring (bicyclic) bond motifs is 4. The van der Waals surface area contributed by atoms with Gasteiger partial charge >= 0.3 is 6.72 Å². The Morgan fingerprint density at radius 2 is 1.79 bits per heavy atom. The van der Waals surface area contributed by atoms with Crippen molar-refractivity contribution in [2.45, 2.75) is 49.1 Å². The third-order valence-corrected chi connectivity index (χ3v) is 10.6. The number of nitrogen functional groups attached to an aromatic ring is 1. The molecule has 10 atom stereocenters. The van der Waals surface area contributed by atoms with Gasteiger partial charge in [0.2, 0.25) is 7.57 Å². The van der Waals surface area contributed by atoms with Crippen LogP contribution in [-0.4, -0.2) is 103 Å². The van der Waals surface area contributed by atoms with Crippen LogP contribution in [0.3, 0.4) is 0 Å². The van der Waals surface area contributed by atoms with E-state index in [9.17, 15) is 18.6 Å². The minimum Gasteiger partial charge on any atom is -0.382 e. The molecule has 18 nitrogen and oxygen atoms in total. The van der Waals surface area contributed by atoms with Gasteiger partial charge in [0.05, 0.1) is 25.9 Å². The van der Waals surface area contributed by atoms with Crippen molar-refractivity contribution >= 4 is 61.6 Å². The molecule has 7 heterocycles. The third kappa shape index (κ3) is 5.74. The van der Waals surface area contributed by atoms with Gasteiger partial charge in [-0.15, -0.1) is 0 Å². The van der Waals surface area contributed by atoms with Gasteiger partial charge in [0.15, 0.2) is 41.6 Å². The van der Waals surface area contributed by atoms with E-state index in [4.69, 9.17) is 57.4 Å². The lowest BCUT2D eigenvalue weighted by Gasteiger charge is -2.30. The maximum absolute atomic E-state index is 16.1. The van der Waals surface area contributed by atoms with Gasteiger partial charge in [-0.3, -0.25) is 18.5 Å². The minimum atomic E-state index is -4.52. The quantitative estimate of drug-likeness (QED) is 0.221. The number of methoxy groups -OCH3 is 1. The Balaban J connectivity index is 1.19. The molecule has 3 N–H and O–H groups in total. The molecule has 0 amide bonds. The Hall–Kier alpha value is -2.75. The van der Waals surface area contributed by atoms with Crippen LogP contribution in [0.25, 0.3) is 22.2 Å².